The number of carbonyl (C=O) groups excluding carboxylic acids is 2. The SMILES string of the molecule is COc1ccccc1[C@H]1C2=C(CCCC2=O)Nc2ccccc2N1C(=O)c1ccccc1. The Bertz CT molecular complexity index is 1220. The van der Waals surface area contributed by atoms with Crippen molar-refractivity contribution in [1.82, 2.24) is 0 Å². The van der Waals surface area contributed by atoms with E-state index in [-0.39, 0.29) is 11.7 Å². The van der Waals surface area contributed by atoms with Crippen molar-refractivity contribution in [2.75, 3.05) is 17.3 Å². The number of methoxy groups -OCH3 is 1. The van der Waals surface area contributed by atoms with Crippen LogP contribution in [0.5, 0.6) is 5.75 Å². The molecule has 2 aliphatic rings. The van der Waals surface area contributed by atoms with E-state index in [1.807, 2.05) is 66.7 Å². The summed E-state index contributed by atoms with van der Waals surface area (Å²) in [5.74, 6) is 0.546. The predicted molar refractivity (Wildman–Crippen MR) is 125 cm³/mol. The van der Waals surface area contributed by atoms with Crippen molar-refractivity contribution in [1.29, 1.82) is 0 Å². The quantitative estimate of drug-likeness (QED) is 0.602. The number of carbonyl (C=O) groups is 2. The topological polar surface area (TPSA) is 58.6 Å². The van der Waals surface area contributed by atoms with Crippen LogP contribution in [-0.4, -0.2) is 18.8 Å². The summed E-state index contributed by atoms with van der Waals surface area (Å²) in [6.07, 6.45) is 2.02. The van der Waals surface area contributed by atoms with Crippen LogP contribution in [0.3, 0.4) is 0 Å². The number of benzene rings is 3. The number of nitrogens with zero attached hydrogens (tertiary/aromatic N) is 1. The molecular weight excluding hydrogens is 400 g/mol. The molecule has 160 valence electrons. The van der Waals surface area contributed by atoms with E-state index < -0.39 is 6.04 Å². The molecule has 0 radical (unpaired) electrons. The molecule has 1 heterocycles. The molecule has 0 bridgehead atoms. The zero-order valence-electron chi connectivity index (χ0n) is 17.9. The molecule has 5 heteroatoms. The number of allylic oxidation sites excluding steroid dienone is 1. The molecule has 32 heavy (non-hydrogen) atoms. The van der Waals surface area contributed by atoms with Crippen molar-refractivity contribution in [3.8, 4) is 5.75 Å². The van der Waals surface area contributed by atoms with Crippen molar-refractivity contribution in [2.24, 2.45) is 0 Å². The fraction of sp³-hybridized carbons (Fsp3) is 0.185. The molecule has 1 atom stereocenters. The van der Waals surface area contributed by atoms with Crippen LogP contribution in [0.25, 0.3) is 0 Å². The summed E-state index contributed by atoms with van der Waals surface area (Å²) in [6.45, 7) is 0. The summed E-state index contributed by atoms with van der Waals surface area (Å²) in [4.78, 5) is 29.1. The Morgan fingerprint density at radius 3 is 2.47 bits per heavy atom. The van der Waals surface area contributed by atoms with E-state index >= 15 is 0 Å². The lowest BCUT2D eigenvalue weighted by Crippen LogP contribution is -2.38. The molecular formula is C27H24N2O3. The summed E-state index contributed by atoms with van der Waals surface area (Å²) < 4.78 is 5.68. The highest BCUT2D eigenvalue weighted by atomic mass is 16.5. The second-order valence-electron chi connectivity index (χ2n) is 8.00. The lowest BCUT2D eigenvalue weighted by molar-refractivity contribution is -0.116. The minimum Gasteiger partial charge on any atom is -0.496 e. The van der Waals surface area contributed by atoms with Gasteiger partial charge >= 0.3 is 0 Å². The lowest BCUT2D eigenvalue weighted by atomic mass is 9.85. The predicted octanol–water partition coefficient (Wildman–Crippen LogP) is 5.52. The third-order valence-corrected chi connectivity index (χ3v) is 6.11. The van der Waals surface area contributed by atoms with Crippen molar-refractivity contribution < 1.29 is 14.3 Å². The van der Waals surface area contributed by atoms with E-state index in [1.54, 1.807) is 24.1 Å². The molecule has 3 aromatic rings. The largest absolute Gasteiger partial charge is 0.496 e. The van der Waals surface area contributed by atoms with Crippen LogP contribution in [0.15, 0.2) is 90.1 Å². The minimum atomic E-state index is -0.599. The second kappa shape index (κ2) is 8.35. The van der Waals surface area contributed by atoms with E-state index in [0.717, 1.165) is 35.5 Å². The van der Waals surface area contributed by atoms with Gasteiger partial charge in [-0.25, -0.2) is 0 Å². The number of hydrogen-bond acceptors (Lipinski definition) is 4. The second-order valence-corrected chi connectivity index (χ2v) is 8.00. The van der Waals surface area contributed by atoms with E-state index in [9.17, 15) is 9.59 Å². The first kappa shape index (κ1) is 20.1. The highest BCUT2D eigenvalue weighted by molar-refractivity contribution is 6.12. The number of ketones is 1. The molecule has 3 aromatic carbocycles. The van der Waals surface area contributed by atoms with Gasteiger partial charge in [0.2, 0.25) is 0 Å². The molecule has 0 spiro atoms. The Labute approximate surface area is 187 Å². The van der Waals surface area contributed by atoms with Gasteiger partial charge in [-0.3, -0.25) is 14.5 Å². The first-order chi connectivity index (χ1) is 15.7. The third kappa shape index (κ3) is 3.36. The maximum Gasteiger partial charge on any atom is 0.259 e. The molecule has 1 aliphatic heterocycles. The van der Waals surface area contributed by atoms with Gasteiger partial charge in [0.25, 0.3) is 5.91 Å². The average molecular weight is 425 g/mol. The molecule has 1 amide bonds. The van der Waals surface area contributed by atoms with Gasteiger partial charge in [-0.15, -0.1) is 0 Å². The highest BCUT2D eigenvalue weighted by Crippen LogP contribution is 2.47. The Balaban J connectivity index is 1.81. The summed E-state index contributed by atoms with van der Waals surface area (Å²) in [5, 5.41) is 3.49. The van der Waals surface area contributed by atoms with Crippen molar-refractivity contribution in [2.45, 2.75) is 25.3 Å². The van der Waals surface area contributed by atoms with Crippen LogP contribution < -0.4 is 15.0 Å². The fourth-order valence-electron chi connectivity index (χ4n) is 4.66. The molecule has 5 rings (SSSR count). The Morgan fingerprint density at radius 1 is 0.938 bits per heavy atom. The van der Waals surface area contributed by atoms with Gasteiger partial charge in [0, 0.05) is 28.8 Å². The first-order valence-electron chi connectivity index (χ1n) is 10.8. The van der Waals surface area contributed by atoms with Gasteiger partial charge in [0.15, 0.2) is 5.78 Å². The minimum absolute atomic E-state index is 0.0633. The van der Waals surface area contributed by atoms with Crippen LogP contribution in [0.1, 0.15) is 41.2 Å². The molecule has 0 saturated carbocycles. The number of anilines is 2. The Morgan fingerprint density at radius 2 is 1.66 bits per heavy atom. The molecule has 0 unspecified atom stereocenters. The summed E-state index contributed by atoms with van der Waals surface area (Å²) >= 11 is 0. The number of ether oxygens (including phenoxy) is 1. The van der Waals surface area contributed by atoms with E-state index in [0.29, 0.717) is 23.3 Å². The maximum atomic E-state index is 14.0. The summed E-state index contributed by atoms with van der Waals surface area (Å²) in [5.41, 5.74) is 4.43. The average Bonchev–Trinajstić information content (AvgIpc) is 2.99. The number of para-hydroxylation sites is 3. The molecule has 0 aromatic heterocycles. The van der Waals surface area contributed by atoms with E-state index in [1.165, 1.54) is 0 Å². The van der Waals surface area contributed by atoms with Crippen LogP contribution in [0, 0.1) is 0 Å². The lowest BCUT2D eigenvalue weighted by Gasteiger charge is -2.34. The normalized spacial score (nSPS) is 17.7. The Kier molecular flexibility index (Phi) is 5.23. The van der Waals surface area contributed by atoms with Gasteiger partial charge in [-0.2, -0.15) is 0 Å². The number of nitrogens with one attached hydrogen (secondary N) is 1. The molecule has 0 saturated heterocycles. The standard InChI is InChI=1S/C27H24N2O3/c1-32-24-17-8-5-12-19(24)26-25-21(14-9-16-23(25)30)28-20-13-6-7-15-22(20)29(26)27(31)18-10-3-2-4-11-18/h2-8,10-13,15,17,26,28H,9,14,16H2,1H3/t26-/m0/s1. The van der Waals surface area contributed by atoms with Crippen molar-refractivity contribution in [3.63, 3.8) is 0 Å². The number of amides is 1. The molecule has 1 aliphatic carbocycles. The number of fused-ring (bicyclic) bond motifs is 1. The Hall–Kier alpha value is -3.86. The number of Topliss-reactive ketones (excluding diaryl/α,β-unsaturated/α-hetero) is 1. The fourth-order valence-corrected chi connectivity index (χ4v) is 4.66. The van der Waals surface area contributed by atoms with Crippen molar-refractivity contribution >= 4 is 23.1 Å². The molecule has 5 nitrogen and oxygen atoms in total. The number of hydrogen-bond donors (Lipinski definition) is 1. The highest BCUT2D eigenvalue weighted by Gasteiger charge is 2.40. The van der Waals surface area contributed by atoms with Gasteiger partial charge in [0.1, 0.15) is 5.75 Å². The van der Waals surface area contributed by atoms with Gasteiger partial charge in [0.05, 0.1) is 24.5 Å². The molecule has 1 N–H and O–H groups in total. The van der Waals surface area contributed by atoms with Crippen molar-refractivity contribution in [3.05, 3.63) is 101 Å². The monoisotopic (exact) mass is 424 g/mol. The van der Waals surface area contributed by atoms with Crippen LogP contribution in [-0.2, 0) is 4.79 Å². The van der Waals surface area contributed by atoms with Crippen LogP contribution >= 0.6 is 0 Å². The maximum absolute atomic E-state index is 14.0. The van der Waals surface area contributed by atoms with Gasteiger partial charge < -0.3 is 10.1 Å². The van der Waals surface area contributed by atoms with E-state index in [2.05, 4.69) is 5.32 Å². The van der Waals surface area contributed by atoms with E-state index in [4.69, 9.17) is 4.74 Å². The summed E-state index contributed by atoms with van der Waals surface area (Å²) in [7, 11) is 1.61. The first-order valence-corrected chi connectivity index (χ1v) is 10.8. The molecule has 0 fully saturated rings. The smallest absolute Gasteiger partial charge is 0.259 e. The third-order valence-electron chi connectivity index (χ3n) is 6.11. The zero-order valence-corrected chi connectivity index (χ0v) is 17.9. The van der Waals surface area contributed by atoms with Crippen LogP contribution in [0.4, 0.5) is 11.4 Å². The zero-order chi connectivity index (χ0) is 22.1. The van der Waals surface area contributed by atoms with Gasteiger partial charge in [-0.05, 0) is 43.2 Å². The number of rotatable bonds is 3. The summed E-state index contributed by atoms with van der Waals surface area (Å²) in [6, 6.07) is 24.0. The van der Waals surface area contributed by atoms with Crippen LogP contribution in [0.2, 0.25) is 0 Å². The van der Waals surface area contributed by atoms with Gasteiger partial charge in [-0.1, -0.05) is 48.5 Å².